The Balaban J connectivity index is 1.59. The van der Waals surface area contributed by atoms with Crippen LogP contribution in [-0.2, 0) is 27.8 Å². The van der Waals surface area contributed by atoms with Gasteiger partial charge in [0.05, 0.1) is 23.3 Å². The molecule has 0 aliphatic carbocycles. The molecule has 3 N–H and O–H groups in total. The average Bonchev–Trinajstić information content (AvgIpc) is 3.43. The number of oxime groups is 1. The zero-order valence-corrected chi connectivity index (χ0v) is 29.4. The summed E-state index contributed by atoms with van der Waals surface area (Å²) in [6.45, 7) is 8.79. The number of aromatic nitrogens is 1. The van der Waals surface area contributed by atoms with Crippen LogP contribution in [0.25, 0.3) is 0 Å². The molecule has 0 bridgehead atoms. The van der Waals surface area contributed by atoms with Crippen molar-refractivity contribution in [3.63, 3.8) is 0 Å². The van der Waals surface area contributed by atoms with Gasteiger partial charge in [-0.15, -0.1) is 0 Å². The minimum atomic E-state index is -4.05. The van der Waals surface area contributed by atoms with Gasteiger partial charge in [0.1, 0.15) is 6.04 Å². The van der Waals surface area contributed by atoms with E-state index in [9.17, 15) is 23.1 Å². The maximum Gasteiger partial charge on any atom is 0.321 e. The predicted molar refractivity (Wildman–Crippen MR) is 187 cm³/mol. The molecular weight excluding hydrogens is 644 g/mol. The molecule has 1 aromatic heterocycles. The molecule has 1 aliphatic rings. The van der Waals surface area contributed by atoms with Crippen molar-refractivity contribution in [2.24, 2.45) is 17.0 Å². The van der Waals surface area contributed by atoms with Crippen LogP contribution in [0.15, 0.2) is 89.2 Å². The highest BCUT2D eigenvalue weighted by Gasteiger charge is 2.41. The van der Waals surface area contributed by atoms with Gasteiger partial charge in [0.2, 0.25) is 15.9 Å². The van der Waals surface area contributed by atoms with Crippen molar-refractivity contribution in [1.82, 2.24) is 24.4 Å². The number of nitrogens with zero attached hydrogens (tertiary/aromatic N) is 5. The second-order valence-corrected chi connectivity index (χ2v) is 14.9. The van der Waals surface area contributed by atoms with Gasteiger partial charge in [0.25, 0.3) is 0 Å². The number of carbonyl (C=O) groups excluding carboxylic acids is 2. The highest BCUT2D eigenvalue weighted by Crippen LogP contribution is 2.24. The number of rotatable bonds is 17. The second kappa shape index (κ2) is 17.4. The largest absolute Gasteiger partial charge is 0.411 e. The smallest absolute Gasteiger partial charge is 0.321 e. The number of carbonyl (C=O) groups is 2. The van der Waals surface area contributed by atoms with Gasteiger partial charge >= 0.3 is 6.03 Å². The third-order valence-electron chi connectivity index (χ3n) is 8.81. The highest BCUT2D eigenvalue weighted by atomic mass is 32.2. The maximum absolute atomic E-state index is 14.2. The third-order valence-corrected chi connectivity index (χ3v) is 10.7. The summed E-state index contributed by atoms with van der Waals surface area (Å²) in [5, 5.41) is 26.6. The molecule has 1 fully saturated rings. The molecule has 13 heteroatoms. The monoisotopic (exact) mass is 692 g/mol. The summed E-state index contributed by atoms with van der Waals surface area (Å²) in [6, 6.07) is 17.1. The summed E-state index contributed by atoms with van der Waals surface area (Å²) in [6.07, 6.45) is 4.16. The Morgan fingerprint density at radius 1 is 1.00 bits per heavy atom. The molecule has 0 spiro atoms. The van der Waals surface area contributed by atoms with E-state index in [1.54, 1.807) is 22.2 Å². The number of amides is 3. The Kier molecular flexibility index (Phi) is 13.3. The summed E-state index contributed by atoms with van der Waals surface area (Å²) >= 11 is 0. The van der Waals surface area contributed by atoms with E-state index >= 15 is 0 Å². The molecule has 12 nitrogen and oxygen atoms in total. The molecule has 2 heterocycles. The lowest BCUT2D eigenvalue weighted by atomic mass is 9.95. The van der Waals surface area contributed by atoms with Gasteiger partial charge in [-0.1, -0.05) is 81.7 Å². The van der Waals surface area contributed by atoms with Crippen molar-refractivity contribution < 1.29 is 28.3 Å². The lowest BCUT2D eigenvalue weighted by Crippen LogP contribution is -2.57. The molecule has 1 aliphatic heterocycles. The molecule has 49 heavy (non-hydrogen) atoms. The molecular formula is C36H48N6O6S. The first kappa shape index (κ1) is 37.5. The molecule has 1 unspecified atom stereocenters. The van der Waals surface area contributed by atoms with Gasteiger partial charge in [0, 0.05) is 45.1 Å². The van der Waals surface area contributed by atoms with Gasteiger partial charge in [-0.2, -0.15) is 4.31 Å². The van der Waals surface area contributed by atoms with Gasteiger partial charge in [-0.05, 0) is 59.2 Å². The maximum atomic E-state index is 14.2. The zero-order chi connectivity index (χ0) is 35.6. The molecule has 0 radical (unpaired) electrons. The molecule has 3 aromatic rings. The number of benzene rings is 2. The number of aliphatic hydroxyl groups excluding tert-OH is 1. The van der Waals surface area contributed by atoms with Crippen molar-refractivity contribution in [1.29, 1.82) is 0 Å². The van der Waals surface area contributed by atoms with E-state index in [0.29, 0.717) is 31.6 Å². The SMILES string of the molecule is CCC(C)[C@@H](C(=O)N[C@@H](Cc1ccccc1)[C@H](O)CN(CC(C)C)S(=O)(=O)c1ccc(/C=N/O)cc1)N1CCN(Cc2ccncc2)C1=O. The topological polar surface area (TPSA) is 156 Å². The first-order valence-electron chi connectivity index (χ1n) is 16.7. The van der Waals surface area contributed by atoms with Crippen molar-refractivity contribution in [3.8, 4) is 0 Å². The number of hydrogen-bond donors (Lipinski definition) is 3. The van der Waals surface area contributed by atoms with Gasteiger partial charge in [-0.25, -0.2) is 13.2 Å². The van der Waals surface area contributed by atoms with Crippen LogP contribution < -0.4 is 5.32 Å². The highest BCUT2D eigenvalue weighted by molar-refractivity contribution is 7.89. The summed E-state index contributed by atoms with van der Waals surface area (Å²) in [7, 11) is -4.05. The molecule has 4 atom stereocenters. The Morgan fingerprint density at radius 2 is 1.67 bits per heavy atom. The normalized spacial score (nSPS) is 16.3. The molecule has 2 aromatic carbocycles. The standard InChI is InChI=1S/C36H48N6O6S/c1-5-27(4)34(42-20-19-40(36(42)45)24-30-15-17-37-18-16-30)35(44)39-32(21-28-9-7-6-8-10-28)33(43)25-41(23-26(2)3)49(47,48)31-13-11-29(12-14-31)22-38-46/h6-18,22,26-27,32-34,43,46H,5,19-21,23-25H2,1-4H3,(H,39,44)/b38-22+/t27?,32-,33+,34-/m0/s1. The van der Waals surface area contributed by atoms with Crippen molar-refractivity contribution in [2.75, 3.05) is 26.2 Å². The second-order valence-electron chi connectivity index (χ2n) is 13.0. The van der Waals surface area contributed by atoms with Crippen molar-refractivity contribution in [3.05, 3.63) is 95.8 Å². The predicted octanol–water partition coefficient (Wildman–Crippen LogP) is 3.98. The van der Waals surface area contributed by atoms with E-state index in [1.807, 2.05) is 70.2 Å². The van der Waals surface area contributed by atoms with Crippen LogP contribution in [0, 0.1) is 11.8 Å². The molecule has 3 amide bonds. The van der Waals surface area contributed by atoms with Gasteiger partial charge in [-0.3, -0.25) is 9.78 Å². The lowest BCUT2D eigenvalue weighted by molar-refractivity contribution is -0.128. The van der Waals surface area contributed by atoms with Gasteiger partial charge < -0.3 is 25.4 Å². The Labute approximate surface area is 289 Å². The quantitative estimate of drug-likeness (QED) is 0.110. The van der Waals surface area contributed by atoms with E-state index in [2.05, 4.69) is 15.5 Å². The van der Waals surface area contributed by atoms with Gasteiger partial charge in [0.15, 0.2) is 0 Å². The van der Waals surface area contributed by atoms with E-state index in [-0.39, 0.29) is 42.3 Å². The molecule has 0 saturated carbocycles. The number of hydrogen-bond acceptors (Lipinski definition) is 8. The molecule has 4 rings (SSSR count). The fourth-order valence-corrected chi connectivity index (χ4v) is 7.64. The lowest BCUT2D eigenvalue weighted by Gasteiger charge is -2.35. The number of nitrogens with one attached hydrogen (secondary N) is 1. The molecule has 1 saturated heterocycles. The third kappa shape index (κ3) is 9.87. The van der Waals surface area contributed by atoms with Crippen LogP contribution >= 0.6 is 0 Å². The minimum absolute atomic E-state index is 0.0276. The number of aliphatic hydroxyl groups is 1. The first-order valence-corrected chi connectivity index (χ1v) is 18.1. The number of urea groups is 1. The van der Waals surface area contributed by atoms with E-state index in [0.717, 1.165) is 11.1 Å². The Morgan fingerprint density at radius 3 is 2.29 bits per heavy atom. The number of pyridine rings is 1. The Hall–Kier alpha value is -4.33. The summed E-state index contributed by atoms with van der Waals surface area (Å²) in [5.74, 6) is -0.639. The van der Waals surface area contributed by atoms with E-state index in [1.165, 1.54) is 34.8 Å². The van der Waals surface area contributed by atoms with Crippen LogP contribution in [0.2, 0.25) is 0 Å². The van der Waals surface area contributed by atoms with Crippen LogP contribution in [0.1, 0.15) is 50.8 Å². The fraction of sp³-hybridized carbons (Fsp3) is 0.444. The summed E-state index contributed by atoms with van der Waals surface area (Å²) in [5.41, 5.74) is 2.32. The number of sulfonamides is 1. The van der Waals surface area contributed by atoms with Crippen LogP contribution in [0.5, 0.6) is 0 Å². The molecule has 264 valence electrons. The Bertz CT molecular complexity index is 1640. The fourth-order valence-electron chi connectivity index (χ4n) is 6.02. The zero-order valence-electron chi connectivity index (χ0n) is 28.6. The van der Waals surface area contributed by atoms with Crippen LogP contribution in [-0.4, -0.2) is 100 Å². The van der Waals surface area contributed by atoms with Crippen LogP contribution in [0.3, 0.4) is 0 Å². The van der Waals surface area contributed by atoms with Crippen molar-refractivity contribution in [2.45, 2.75) is 70.2 Å². The first-order chi connectivity index (χ1) is 23.4. The van der Waals surface area contributed by atoms with Crippen LogP contribution in [0.4, 0.5) is 4.79 Å². The minimum Gasteiger partial charge on any atom is -0.411 e. The van der Waals surface area contributed by atoms with E-state index < -0.39 is 34.1 Å². The van der Waals surface area contributed by atoms with E-state index in [4.69, 9.17) is 5.21 Å². The summed E-state index contributed by atoms with van der Waals surface area (Å²) < 4.78 is 29.0. The average molecular weight is 693 g/mol. The van der Waals surface area contributed by atoms with Crippen molar-refractivity contribution >= 4 is 28.2 Å². The summed E-state index contributed by atoms with van der Waals surface area (Å²) in [4.78, 5) is 35.3.